The van der Waals surface area contributed by atoms with E-state index in [0.717, 1.165) is 25.2 Å². The Morgan fingerprint density at radius 1 is 1.33 bits per heavy atom. The van der Waals surface area contributed by atoms with Crippen LogP contribution in [-0.2, 0) is 6.42 Å². The number of fused-ring (bicyclic) bond motifs is 1. The van der Waals surface area contributed by atoms with E-state index >= 15 is 0 Å². The molecule has 0 radical (unpaired) electrons. The average molecular weight is 202 g/mol. The van der Waals surface area contributed by atoms with E-state index in [-0.39, 0.29) is 0 Å². The summed E-state index contributed by atoms with van der Waals surface area (Å²) in [5, 5.41) is 8.09. The van der Waals surface area contributed by atoms with E-state index in [1.807, 2.05) is 0 Å². The molecule has 0 aromatic heterocycles. The summed E-state index contributed by atoms with van der Waals surface area (Å²) in [5.74, 6) is 1.04. The molecule has 0 amide bonds. The minimum absolute atomic E-state index is 0.302. The molecule has 2 rings (SSSR count). The number of nitrogens with one attached hydrogen (secondary N) is 1. The molecule has 0 spiro atoms. The Bertz CT molecular complexity index is 369. The maximum Gasteiger partial charge on any atom is 0.103 e. The van der Waals surface area contributed by atoms with Gasteiger partial charge in [0, 0.05) is 18.2 Å². The monoisotopic (exact) mass is 202 g/mol. The highest BCUT2D eigenvalue weighted by Gasteiger charge is 2.20. The molecule has 1 aliphatic rings. The van der Waals surface area contributed by atoms with Crippen LogP contribution in [0.1, 0.15) is 25.8 Å². The highest BCUT2D eigenvalue weighted by molar-refractivity contribution is 5.97. The molecule has 0 fully saturated rings. The molecule has 2 nitrogen and oxygen atoms in total. The largest absolute Gasteiger partial charge is 0.330 e. The van der Waals surface area contributed by atoms with Gasteiger partial charge in [-0.25, -0.2) is 0 Å². The Balaban J connectivity index is 2.34. The second kappa shape index (κ2) is 4.05. The molecule has 0 atom stereocenters. The van der Waals surface area contributed by atoms with Crippen LogP contribution in [-0.4, -0.2) is 12.4 Å². The van der Waals surface area contributed by atoms with Gasteiger partial charge in [0.05, 0.1) is 0 Å². The number of hydrogen-bond acceptors (Lipinski definition) is 1. The van der Waals surface area contributed by atoms with Gasteiger partial charge in [0.2, 0.25) is 0 Å². The maximum absolute atomic E-state index is 8.09. The number of rotatable bonds is 1. The predicted molar refractivity (Wildman–Crippen MR) is 64.7 cm³/mol. The zero-order chi connectivity index (χ0) is 10.8. The van der Waals surface area contributed by atoms with E-state index in [0.29, 0.717) is 5.92 Å². The Hall–Kier alpha value is -1.31. The third kappa shape index (κ3) is 1.89. The Kier molecular flexibility index (Phi) is 2.76. The lowest BCUT2D eigenvalue weighted by Crippen LogP contribution is -2.37. The minimum atomic E-state index is 0.302. The SMILES string of the molecule is CC(C)C(=N)N1CCCc2ccccc21. The molecule has 80 valence electrons. The third-order valence-corrected chi connectivity index (χ3v) is 2.95. The van der Waals surface area contributed by atoms with E-state index in [2.05, 4.69) is 43.0 Å². The molecule has 1 aromatic rings. The number of benzene rings is 1. The van der Waals surface area contributed by atoms with Gasteiger partial charge in [-0.2, -0.15) is 0 Å². The number of aryl methyl sites for hydroxylation is 1. The fraction of sp³-hybridized carbons (Fsp3) is 0.462. The van der Waals surface area contributed by atoms with Gasteiger partial charge in [-0.3, -0.25) is 5.41 Å². The first kappa shape index (κ1) is 10.2. The van der Waals surface area contributed by atoms with Gasteiger partial charge in [-0.15, -0.1) is 0 Å². The van der Waals surface area contributed by atoms with Crippen molar-refractivity contribution in [2.24, 2.45) is 5.92 Å². The van der Waals surface area contributed by atoms with Gasteiger partial charge < -0.3 is 4.90 Å². The van der Waals surface area contributed by atoms with Crippen molar-refractivity contribution in [3.8, 4) is 0 Å². The molecule has 2 heteroatoms. The molecule has 1 aromatic carbocycles. The van der Waals surface area contributed by atoms with Gasteiger partial charge in [-0.05, 0) is 24.5 Å². The van der Waals surface area contributed by atoms with Crippen LogP contribution in [0.5, 0.6) is 0 Å². The Labute approximate surface area is 91.4 Å². The van der Waals surface area contributed by atoms with Crippen LogP contribution in [0.15, 0.2) is 24.3 Å². The second-order valence-corrected chi connectivity index (χ2v) is 4.42. The normalized spacial score (nSPS) is 15.3. The zero-order valence-electron chi connectivity index (χ0n) is 9.46. The van der Waals surface area contributed by atoms with Crippen LogP contribution >= 0.6 is 0 Å². The van der Waals surface area contributed by atoms with Crippen LogP contribution in [0.4, 0.5) is 5.69 Å². The maximum atomic E-state index is 8.09. The van der Waals surface area contributed by atoms with Gasteiger partial charge in [0.15, 0.2) is 0 Å². The second-order valence-electron chi connectivity index (χ2n) is 4.42. The van der Waals surface area contributed by atoms with Gasteiger partial charge in [0.25, 0.3) is 0 Å². The average Bonchev–Trinajstić information content (AvgIpc) is 2.27. The van der Waals surface area contributed by atoms with Gasteiger partial charge >= 0.3 is 0 Å². The van der Waals surface area contributed by atoms with Crippen molar-refractivity contribution in [2.75, 3.05) is 11.4 Å². The Morgan fingerprint density at radius 2 is 2.07 bits per heavy atom. The first-order chi connectivity index (χ1) is 7.20. The lowest BCUT2D eigenvalue weighted by Gasteiger charge is -2.32. The molecular weight excluding hydrogens is 184 g/mol. The van der Waals surface area contributed by atoms with Crippen LogP contribution < -0.4 is 4.90 Å². The topological polar surface area (TPSA) is 27.1 Å². The molecule has 1 heterocycles. The van der Waals surface area contributed by atoms with Crippen LogP contribution in [0.2, 0.25) is 0 Å². The summed E-state index contributed by atoms with van der Waals surface area (Å²) in [6, 6.07) is 8.45. The quantitative estimate of drug-likeness (QED) is 0.550. The summed E-state index contributed by atoms with van der Waals surface area (Å²) >= 11 is 0. The Morgan fingerprint density at radius 3 is 2.80 bits per heavy atom. The van der Waals surface area contributed by atoms with Crippen molar-refractivity contribution in [2.45, 2.75) is 26.7 Å². The first-order valence-electron chi connectivity index (χ1n) is 5.64. The summed E-state index contributed by atoms with van der Waals surface area (Å²) in [7, 11) is 0. The van der Waals surface area contributed by atoms with Crippen molar-refractivity contribution in [3.63, 3.8) is 0 Å². The van der Waals surface area contributed by atoms with Crippen LogP contribution in [0.3, 0.4) is 0 Å². The van der Waals surface area contributed by atoms with E-state index in [9.17, 15) is 0 Å². The number of amidine groups is 1. The highest BCUT2D eigenvalue weighted by atomic mass is 15.2. The summed E-state index contributed by atoms with van der Waals surface area (Å²) < 4.78 is 0. The standard InChI is InChI=1S/C13H18N2/c1-10(2)13(14)15-9-5-7-11-6-3-4-8-12(11)15/h3-4,6,8,10,14H,5,7,9H2,1-2H3. The van der Waals surface area contributed by atoms with Crippen LogP contribution in [0, 0.1) is 11.3 Å². The smallest absolute Gasteiger partial charge is 0.103 e. The lowest BCUT2D eigenvalue weighted by atomic mass is 10.00. The fourth-order valence-corrected chi connectivity index (χ4v) is 2.10. The lowest BCUT2D eigenvalue weighted by molar-refractivity contribution is 0.743. The molecule has 1 N–H and O–H groups in total. The van der Waals surface area contributed by atoms with Crippen molar-refractivity contribution in [1.29, 1.82) is 5.41 Å². The third-order valence-electron chi connectivity index (χ3n) is 2.95. The number of para-hydroxylation sites is 1. The molecule has 0 saturated heterocycles. The summed E-state index contributed by atoms with van der Waals surface area (Å²) in [5.41, 5.74) is 2.62. The van der Waals surface area contributed by atoms with E-state index in [1.54, 1.807) is 0 Å². The number of hydrogen-bond donors (Lipinski definition) is 1. The molecule has 0 unspecified atom stereocenters. The van der Waals surface area contributed by atoms with Crippen LogP contribution in [0.25, 0.3) is 0 Å². The molecule has 0 bridgehead atoms. The fourth-order valence-electron chi connectivity index (χ4n) is 2.10. The highest BCUT2D eigenvalue weighted by Crippen LogP contribution is 2.27. The van der Waals surface area contributed by atoms with Crippen molar-refractivity contribution in [3.05, 3.63) is 29.8 Å². The first-order valence-corrected chi connectivity index (χ1v) is 5.64. The van der Waals surface area contributed by atoms with E-state index in [4.69, 9.17) is 5.41 Å². The van der Waals surface area contributed by atoms with E-state index < -0.39 is 0 Å². The number of nitrogens with zero attached hydrogens (tertiary/aromatic N) is 1. The minimum Gasteiger partial charge on any atom is -0.330 e. The summed E-state index contributed by atoms with van der Waals surface area (Å²) in [4.78, 5) is 2.16. The molecule has 15 heavy (non-hydrogen) atoms. The van der Waals surface area contributed by atoms with E-state index in [1.165, 1.54) is 11.3 Å². The molecule has 0 aliphatic carbocycles. The summed E-state index contributed by atoms with van der Waals surface area (Å²) in [6.45, 7) is 5.16. The zero-order valence-corrected chi connectivity index (χ0v) is 9.46. The predicted octanol–water partition coefficient (Wildman–Crippen LogP) is 3.07. The van der Waals surface area contributed by atoms with Crippen molar-refractivity contribution >= 4 is 11.5 Å². The van der Waals surface area contributed by atoms with Gasteiger partial charge in [-0.1, -0.05) is 32.0 Å². The molecular formula is C13H18N2. The molecule has 0 saturated carbocycles. The van der Waals surface area contributed by atoms with Crippen molar-refractivity contribution in [1.82, 2.24) is 0 Å². The summed E-state index contributed by atoms with van der Waals surface area (Å²) in [6.07, 6.45) is 2.31. The molecule has 1 aliphatic heterocycles. The van der Waals surface area contributed by atoms with Gasteiger partial charge in [0.1, 0.15) is 5.84 Å². The number of anilines is 1. The van der Waals surface area contributed by atoms with Crippen molar-refractivity contribution < 1.29 is 0 Å².